The van der Waals surface area contributed by atoms with Gasteiger partial charge in [-0.3, -0.25) is 14.4 Å². The molecular formula is C26H24N2O4. The monoisotopic (exact) mass is 428 g/mol. The van der Waals surface area contributed by atoms with Gasteiger partial charge in [-0.1, -0.05) is 36.4 Å². The lowest BCUT2D eigenvalue weighted by atomic mass is 10.0. The Bertz CT molecular complexity index is 1160. The van der Waals surface area contributed by atoms with Gasteiger partial charge in [-0.15, -0.1) is 0 Å². The van der Waals surface area contributed by atoms with Crippen LogP contribution < -0.4 is 15.0 Å². The minimum atomic E-state index is -0.203. The van der Waals surface area contributed by atoms with Gasteiger partial charge in [0.15, 0.2) is 5.78 Å². The molecule has 0 aromatic heterocycles. The van der Waals surface area contributed by atoms with Gasteiger partial charge < -0.3 is 15.0 Å². The predicted molar refractivity (Wildman–Crippen MR) is 123 cm³/mol. The molecule has 32 heavy (non-hydrogen) atoms. The smallest absolute Gasteiger partial charge is 0.258 e. The van der Waals surface area contributed by atoms with Crippen LogP contribution in [0.15, 0.2) is 72.8 Å². The van der Waals surface area contributed by atoms with Gasteiger partial charge in [0, 0.05) is 35.3 Å². The van der Waals surface area contributed by atoms with Gasteiger partial charge in [0.25, 0.3) is 5.91 Å². The Morgan fingerprint density at radius 3 is 2.53 bits per heavy atom. The molecule has 162 valence electrons. The number of carbonyl (C=O) groups excluding carboxylic acids is 3. The molecule has 0 saturated carbocycles. The SMILES string of the molecule is COc1cc(C(=O)N2CCCC(=O)c3ccccc32)ccc1CC(=O)Nc1ccccc1. The molecule has 0 saturated heterocycles. The van der Waals surface area contributed by atoms with E-state index < -0.39 is 0 Å². The maximum absolute atomic E-state index is 13.3. The third kappa shape index (κ3) is 4.54. The van der Waals surface area contributed by atoms with Crippen LogP contribution in [0.5, 0.6) is 5.75 Å². The first-order valence-electron chi connectivity index (χ1n) is 10.5. The van der Waals surface area contributed by atoms with Crippen molar-refractivity contribution < 1.29 is 19.1 Å². The van der Waals surface area contributed by atoms with Crippen molar-refractivity contribution in [1.82, 2.24) is 0 Å². The Morgan fingerprint density at radius 2 is 1.75 bits per heavy atom. The maximum Gasteiger partial charge on any atom is 0.258 e. The third-order valence-corrected chi connectivity index (χ3v) is 5.47. The second-order valence-electron chi connectivity index (χ2n) is 7.62. The van der Waals surface area contributed by atoms with Crippen molar-refractivity contribution in [2.75, 3.05) is 23.9 Å². The highest BCUT2D eigenvalue weighted by molar-refractivity contribution is 6.11. The van der Waals surface area contributed by atoms with Crippen molar-refractivity contribution in [3.63, 3.8) is 0 Å². The first-order chi connectivity index (χ1) is 15.6. The predicted octanol–water partition coefficient (Wildman–Crippen LogP) is 4.50. The number of para-hydroxylation sites is 2. The van der Waals surface area contributed by atoms with Gasteiger partial charge in [0.2, 0.25) is 5.91 Å². The minimum Gasteiger partial charge on any atom is -0.496 e. The quantitative estimate of drug-likeness (QED) is 0.649. The van der Waals surface area contributed by atoms with E-state index in [1.54, 1.807) is 35.2 Å². The van der Waals surface area contributed by atoms with Gasteiger partial charge in [-0.25, -0.2) is 0 Å². The number of methoxy groups -OCH3 is 1. The number of carbonyl (C=O) groups is 3. The summed E-state index contributed by atoms with van der Waals surface area (Å²) in [6.07, 6.45) is 1.14. The number of amides is 2. The lowest BCUT2D eigenvalue weighted by Crippen LogP contribution is -2.31. The third-order valence-electron chi connectivity index (χ3n) is 5.47. The number of rotatable bonds is 5. The summed E-state index contributed by atoms with van der Waals surface area (Å²) in [7, 11) is 1.52. The molecule has 2 amide bonds. The fraction of sp³-hybridized carbons (Fsp3) is 0.192. The van der Waals surface area contributed by atoms with Gasteiger partial charge >= 0.3 is 0 Å². The number of nitrogens with one attached hydrogen (secondary N) is 1. The number of fused-ring (bicyclic) bond motifs is 1. The van der Waals surface area contributed by atoms with Crippen LogP contribution in [0.1, 0.15) is 39.1 Å². The molecule has 3 aromatic carbocycles. The molecule has 0 unspecified atom stereocenters. The molecule has 3 aromatic rings. The number of ether oxygens (including phenoxy) is 1. The van der Waals surface area contributed by atoms with E-state index in [2.05, 4.69) is 5.32 Å². The van der Waals surface area contributed by atoms with E-state index in [-0.39, 0.29) is 24.0 Å². The van der Waals surface area contributed by atoms with Crippen molar-refractivity contribution in [2.45, 2.75) is 19.3 Å². The van der Waals surface area contributed by atoms with Crippen molar-refractivity contribution in [3.05, 3.63) is 89.5 Å². The molecule has 0 spiro atoms. The van der Waals surface area contributed by atoms with E-state index in [0.29, 0.717) is 47.5 Å². The molecule has 6 nitrogen and oxygen atoms in total. The van der Waals surface area contributed by atoms with Crippen molar-refractivity contribution in [1.29, 1.82) is 0 Å². The standard InChI is InChI=1S/C26H24N2O4/c1-32-24-16-19(14-13-18(24)17-25(30)27-20-8-3-2-4-9-20)26(31)28-15-7-12-23(29)21-10-5-6-11-22(21)28/h2-6,8-11,13-14,16H,7,12,15,17H2,1H3,(H,27,30). The van der Waals surface area contributed by atoms with Crippen LogP contribution in [0.2, 0.25) is 0 Å². The summed E-state index contributed by atoms with van der Waals surface area (Å²) >= 11 is 0. The molecule has 0 atom stereocenters. The zero-order valence-electron chi connectivity index (χ0n) is 17.8. The summed E-state index contributed by atoms with van der Waals surface area (Å²) in [5.74, 6) is 0.144. The molecule has 1 aliphatic heterocycles. The Morgan fingerprint density at radius 1 is 1.00 bits per heavy atom. The highest BCUT2D eigenvalue weighted by Gasteiger charge is 2.26. The van der Waals surface area contributed by atoms with Crippen LogP contribution in [0.3, 0.4) is 0 Å². The van der Waals surface area contributed by atoms with Crippen LogP contribution in [0, 0.1) is 0 Å². The Balaban J connectivity index is 1.56. The second-order valence-corrected chi connectivity index (χ2v) is 7.62. The van der Waals surface area contributed by atoms with E-state index in [9.17, 15) is 14.4 Å². The van der Waals surface area contributed by atoms with Gasteiger partial charge in [0.05, 0.1) is 19.2 Å². The average Bonchev–Trinajstić information content (AvgIpc) is 2.98. The first kappa shape index (κ1) is 21.3. The van der Waals surface area contributed by atoms with E-state index in [4.69, 9.17) is 4.74 Å². The number of nitrogens with zero attached hydrogens (tertiary/aromatic N) is 1. The summed E-state index contributed by atoms with van der Waals surface area (Å²) in [6, 6.07) is 21.5. The van der Waals surface area contributed by atoms with Crippen molar-refractivity contribution in [3.8, 4) is 5.75 Å². The minimum absolute atomic E-state index is 0.0493. The summed E-state index contributed by atoms with van der Waals surface area (Å²) in [5.41, 5.74) is 3.05. The Labute approximate surface area is 186 Å². The van der Waals surface area contributed by atoms with Crippen molar-refractivity contribution >= 4 is 29.0 Å². The van der Waals surface area contributed by atoms with Gasteiger partial charge in [-0.05, 0) is 42.8 Å². The number of benzene rings is 3. The molecule has 6 heteroatoms. The molecule has 1 heterocycles. The average molecular weight is 428 g/mol. The number of anilines is 2. The number of hydrogen-bond acceptors (Lipinski definition) is 4. The van der Waals surface area contributed by atoms with Gasteiger partial charge in [-0.2, -0.15) is 0 Å². The fourth-order valence-corrected chi connectivity index (χ4v) is 3.89. The van der Waals surface area contributed by atoms with Crippen LogP contribution in [-0.4, -0.2) is 31.3 Å². The van der Waals surface area contributed by atoms with E-state index in [0.717, 1.165) is 5.69 Å². The van der Waals surface area contributed by atoms with Crippen LogP contribution in [0.25, 0.3) is 0 Å². The lowest BCUT2D eigenvalue weighted by molar-refractivity contribution is -0.115. The highest BCUT2D eigenvalue weighted by Crippen LogP contribution is 2.29. The molecule has 0 bridgehead atoms. The van der Waals surface area contributed by atoms with E-state index >= 15 is 0 Å². The molecular weight excluding hydrogens is 404 g/mol. The molecule has 1 N–H and O–H groups in total. The maximum atomic E-state index is 13.3. The topological polar surface area (TPSA) is 75.7 Å². The largest absolute Gasteiger partial charge is 0.496 e. The summed E-state index contributed by atoms with van der Waals surface area (Å²) in [5, 5.41) is 2.85. The molecule has 0 fully saturated rings. The van der Waals surface area contributed by atoms with E-state index in [1.807, 2.05) is 42.5 Å². The summed E-state index contributed by atoms with van der Waals surface area (Å²) < 4.78 is 5.48. The number of hydrogen-bond donors (Lipinski definition) is 1. The van der Waals surface area contributed by atoms with Crippen molar-refractivity contribution in [2.24, 2.45) is 0 Å². The Kier molecular flexibility index (Phi) is 6.31. The summed E-state index contributed by atoms with van der Waals surface area (Å²) in [4.78, 5) is 39.8. The zero-order chi connectivity index (χ0) is 22.5. The normalized spacial score (nSPS) is 13.2. The molecule has 0 radical (unpaired) electrons. The first-order valence-corrected chi connectivity index (χ1v) is 10.5. The van der Waals surface area contributed by atoms with Crippen LogP contribution in [-0.2, 0) is 11.2 Å². The zero-order valence-corrected chi connectivity index (χ0v) is 17.8. The Hall–Kier alpha value is -3.93. The van der Waals surface area contributed by atoms with Crippen LogP contribution >= 0.6 is 0 Å². The lowest BCUT2D eigenvalue weighted by Gasteiger charge is -2.23. The molecule has 4 rings (SSSR count). The number of Topliss-reactive ketones (excluding diaryl/α,β-unsaturated/α-hetero) is 1. The molecule has 1 aliphatic rings. The number of ketones is 1. The van der Waals surface area contributed by atoms with Gasteiger partial charge in [0.1, 0.15) is 5.75 Å². The second kappa shape index (κ2) is 9.47. The molecule has 0 aliphatic carbocycles. The highest BCUT2D eigenvalue weighted by atomic mass is 16.5. The fourth-order valence-electron chi connectivity index (χ4n) is 3.89. The van der Waals surface area contributed by atoms with Crippen LogP contribution in [0.4, 0.5) is 11.4 Å². The summed E-state index contributed by atoms with van der Waals surface area (Å²) in [6.45, 7) is 0.463. The van der Waals surface area contributed by atoms with E-state index in [1.165, 1.54) is 7.11 Å².